The van der Waals surface area contributed by atoms with E-state index in [1.54, 1.807) is 20.8 Å². The van der Waals surface area contributed by atoms with E-state index >= 15 is 0 Å². The first-order valence-corrected chi connectivity index (χ1v) is 10.3. The molecule has 26 heavy (non-hydrogen) atoms. The highest BCUT2D eigenvalue weighted by atomic mass is 32.2. The number of carbonyl (C=O) groups is 1. The first kappa shape index (κ1) is 18.7. The van der Waals surface area contributed by atoms with E-state index in [4.69, 9.17) is 8.92 Å². The number of rotatable bonds is 3. The summed E-state index contributed by atoms with van der Waals surface area (Å²) in [7, 11) is -3.60. The van der Waals surface area contributed by atoms with Crippen molar-refractivity contribution in [1.82, 2.24) is 9.88 Å². The number of para-hydroxylation sites is 1. The number of amides is 1. The topological polar surface area (TPSA) is 88.7 Å². The van der Waals surface area contributed by atoms with Gasteiger partial charge in [-0.15, -0.1) is 0 Å². The second-order valence-corrected chi connectivity index (χ2v) is 9.23. The van der Waals surface area contributed by atoms with Gasteiger partial charge < -0.3 is 9.72 Å². The van der Waals surface area contributed by atoms with Crippen LogP contribution in [0.25, 0.3) is 10.9 Å². The van der Waals surface area contributed by atoms with Crippen LogP contribution in [-0.2, 0) is 32.0 Å². The van der Waals surface area contributed by atoms with Crippen molar-refractivity contribution in [2.75, 3.05) is 12.9 Å². The predicted molar refractivity (Wildman–Crippen MR) is 98.4 cm³/mol. The Morgan fingerprint density at radius 3 is 2.65 bits per heavy atom. The van der Waals surface area contributed by atoms with Crippen LogP contribution in [0.2, 0.25) is 0 Å². The minimum Gasteiger partial charge on any atom is -0.444 e. The summed E-state index contributed by atoms with van der Waals surface area (Å²) in [5.41, 5.74) is 2.38. The van der Waals surface area contributed by atoms with Crippen LogP contribution < -0.4 is 0 Å². The number of nitrogens with zero attached hydrogens (tertiary/aromatic N) is 1. The van der Waals surface area contributed by atoms with Gasteiger partial charge in [0.05, 0.1) is 25.4 Å². The zero-order valence-corrected chi connectivity index (χ0v) is 16.2. The van der Waals surface area contributed by atoms with Crippen LogP contribution in [0.3, 0.4) is 0 Å². The highest BCUT2D eigenvalue weighted by molar-refractivity contribution is 7.85. The van der Waals surface area contributed by atoms with Crippen molar-refractivity contribution in [3.8, 4) is 0 Å². The van der Waals surface area contributed by atoms with Gasteiger partial charge in [-0.05, 0) is 38.8 Å². The van der Waals surface area contributed by atoms with Gasteiger partial charge in [0.1, 0.15) is 5.60 Å². The monoisotopic (exact) mass is 380 g/mol. The van der Waals surface area contributed by atoms with Crippen molar-refractivity contribution < 1.29 is 22.1 Å². The van der Waals surface area contributed by atoms with E-state index in [9.17, 15) is 13.2 Å². The van der Waals surface area contributed by atoms with E-state index in [1.807, 2.05) is 24.3 Å². The number of aromatic amines is 1. The van der Waals surface area contributed by atoms with Gasteiger partial charge in [0.2, 0.25) is 0 Å². The van der Waals surface area contributed by atoms with Gasteiger partial charge >= 0.3 is 6.09 Å². The Labute approximate surface area is 153 Å². The lowest BCUT2D eigenvalue weighted by Crippen LogP contribution is -2.48. The zero-order chi connectivity index (χ0) is 19.1. The third kappa shape index (κ3) is 4.19. The maximum atomic E-state index is 12.7. The molecule has 2 aromatic rings. The van der Waals surface area contributed by atoms with E-state index in [0.717, 1.165) is 28.4 Å². The van der Waals surface area contributed by atoms with Gasteiger partial charge in [0.15, 0.2) is 0 Å². The number of fused-ring (bicyclic) bond motifs is 3. The Morgan fingerprint density at radius 1 is 1.31 bits per heavy atom. The van der Waals surface area contributed by atoms with Crippen LogP contribution in [0.4, 0.5) is 4.79 Å². The summed E-state index contributed by atoms with van der Waals surface area (Å²) in [6, 6.07) is 7.47. The smallest absolute Gasteiger partial charge is 0.410 e. The number of hydrogen-bond donors (Lipinski definition) is 1. The van der Waals surface area contributed by atoms with Crippen LogP contribution >= 0.6 is 0 Å². The molecule has 0 saturated carbocycles. The number of benzene rings is 1. The molecule has 0 fully saturated rings. The summed E-state index contributed by atoms with van der Waals surface area (Å²) < 4.78 is 33.3. The number of ether oxygens (including phenoxy) is 1. The minimum absolute atomic E-state index is 0.100. The first-order chi connectivity index (χ1) is 12.0. The summed E-state index contributed by atoms with van der Waals surface area (Å²) in [4.78, 5) is 17.5. The summed E-state index contributed by atoms with van der Waals surface area (Å²) in [6.07, 6.45) is 1.02. The van der Waals surface area contributed by atoms with Crippen molar-refractivity contribution in [3.05, 3.63) is 35.5 Å². The average Bonchev–Trinajstić information content (AvgIpc) is 2.87. The second kappa shape index (κ2) is 6.59. The fraction of sp³-hybridized carbons (Fsp3) is 0.500. The fourth-order valence-electron chi connectivity index (χ4n) is 3.15. The lowest BCUT2D eigenvalue weighted by molar-refractivity contribution is 0.00628. The molecule has 0 radical (unpaired) electrons. The van der Waals surface area contributed by atoms with Gasteiger partial charge in [0, 0.05) is 16.6 Å². The molecule has 2 heterocycles. The summed E-state index contributed by atoms with van der Waals surface area (Å²) >= 11 is 0. The Bertz CT molecular complexity index is 927. The Kier molecular flexibility index (Phi) is 4.74. The predicted octanol–water partition coefficient (Wildman–Crippen LogP) is 2.81. The number of carbonyl (C=O) groups excluding carboxylic acids is 1. The van der Waals surface area contributed by atoms with Crippen molar-refractivity contribution >= 4 is 27.1 Å². The molecular formula is C18H24N2O5S. The van der Waals surface area contributed by atoms with Crippen LogP contribution in [0, 0.1) is 0 Å². The van der Waals surface area contributed by atoms with Gasteiger partial charge in [-0.25, -0.2) is 4.79 Å². The molecule has 8 heteroatoms. The average molecular weight is 380 g/mol. The van der Waals surface area contributed by atoms with E-state index in [2.05, 4.69) is 4.98 Å². The summed E-state index contributed by atoms with van der Waals surface area (Å²) in [6.45, 7) is 5.61. The standard InChI is InChI=1S/C18H24N2O5S/c1-18(2,3)25-17(21)20-10-16-14(9-12(20)11-24-26(4,22)23)13-7-5-6-8-15(13)19-16/h5-8,12,19H,9-11H2,1-4H3. The van der Waals surface area contributed by atoms with Crippen molar-refractivity contribution in [2.45, 2.75) is 45.4 Å². The quantitative estimate of drug-likeness (QED) is 0.827. The first-order valence-electron chi connectivity index (χ1n) is 8.46. The molecule has 7 nitrogen and oxygen atoms in total. The third-order valence-corrected chi connectivity index (χ3v) is 4.78. The number of nitrogens with one attached hydrogen (secondary N) is 1. The molecule has 0 spiro atoms. The lowest BCUT2D eigenvalue weighted by Gasteiger charge is -2.36. The molecule has 1 amide bonds. The summed E-state index contributed by atoms with van der Waals surface area (Å²) in [5, 5.41) is 1.08. The Morgan fingerprint density at radius 2 is 2.00 bits per heavy atom. The molecule has 1 aliphatic rings. The highest BCUT2D eigenvalue weighted by Gasteiger charge is 2.35. The zero-order valence-electron chi connectivity index (χ0n) is 15.4. The fourth-order valence-corrected chi connectivity index (χ4v) is 3.56. The van der Waals surface area contributed by atoms with Gasteiger partial charge in [-0.3, -0.25) is 9.08 Å². The Balaban J connectivity index is 1.93. The largest absolute Gasteiger partial charge is 0.444 e. The minimum atomic E-state index is -3.60. The molecule has 142 valence electrons. The number of aromatic nitrogens is 1. The molecule has 1 N–H and O–H groups in total. The number of hydrogen-bond acceptors (Lipinski definition) is 5. The third-order valence-electron chi connectivity index (χ3n) is 4.21. The molecule has 3 rings (SSSR count). The van der Waals surface area contributed by atoms with Crippen LogP contribution in [0.15, 0.2) is 24.3 Å². The van der Waals surface area contributed by atoms with E-state index in [0.29, 0.717) is 13.0 Å². The molecule has 1 unspecified atom stereocenters. The highest BCUT2D eigenvalue weighted by Crippen LogP contribution is 2.31. The molecular weight excluding hydrogens is 356 g/mol. The summed E-state index contributed by atoms with van der Waals surface area (Å²) in [5.74, 6) is 0. The molecule has 0 bridgehead atoms. The van der Waals surface area contributed by atoms with Crippen molar-refractivity contribution in [3.63, 3.8) is 0 Å². The van der Waals surface area contributed by atoms with Crippen LogP contribution in [0.5, 0.6) is 0 Å². The normalized spacial score (nSPS) is 18.0. The van der Waals surface area contributed by atoms with Crippen molar-refractivity contribution in [1.29, 1.82) is 0 Å². The Hall–Kier alpha value is -2.06. The van der Waals surface area contributed by atoms with Gasteiger partial charge in [0.25, 0.3) is 10.1 Å². The maximum Gasteiger partial charge on any atom is 0.410 e. The van der Waals surface area contributed by atoms with Crippen LogP contribution in [0.1, 0.15) is 32.0 Å². The lowest BCUT2D eigenvalue weighted by atomic mass is 9.97. The molecule has 0 saturated heterocycles. The van der Waals surface area contributed by atoms with E-state index < -0.39 is 27.9 Å². The van der Waals surface area contributed by atoms with Gasteiger partial charge in [-0.1, -0.05) is 18.2 Å². The van der Waals surface area contributed by atoms with E-state index in [1.165, 1.54) is 4.90 Å². The molecule has 1 aromatic heterocycles. The SMILES string of the molecule is CC(C)(C)OC(=O)N1Cc2[nH]c3ccccc3c2CC1COS(C)(=O)=O. The van der Waals surface area contributed by atoms with Crippen molar-refractivity contribution in [2.24, 2.45) is 0 Å². The van der Waals surface area contributed by atoms with E-state index in [-0.39, 0.29) is 6.61 Å². The molecule has 0 aliphatic carbocycles. The number of H-pyrrole nitrogens is 1. The maximum absolute atomic E-state index is 12.7. The second-order valence-electron chi connectivity index (χ2n) is 7.58. The van der Waals surface area contributed by atoms with Gasteiger partial charge in [-0.2, -0.15) is 8.42 Å². The van der Waals surface area contributed by atoms with Crippen LogP contribution in [-0.4, -0.2) is 48.9 Å². The molecule has 1 aliphatic heterocycles. The molecule has 1 aromatic carbocycles. The molecule has 1 atom stereocenters.